The highest BCUT2D eigenvalue weighted by atomic mass is 127. The summed E-state index contributed by atoms with van der Waals surface area (Å²) in [5.41, 5.74) is -2.63. The molecular weight excluding hydrogens is 860 g/mol. The predicted octanol–water partition coefficient (Wildman–Crippen LogP) is 3.69. The van der Waals surface area contributed by atoms with Crippen LogP contribution in [0.3, 0.4) is 0 Å². The van der Waals surface area contributed by atoms with E-state index in [0.717, 1.165) is 23.6 Å². The van der Waals surface area contributed by atoms with Gasteiger partial charge in [-0.2, -0.15) is 0 Å². The Morgan fingerprint density at radius 2 is 1.78 bits per heavy atom. The van der Waals surface area contributed by atoms with Crippen LogP contribution in [0.2, 0.25) is 0 Å². The predicted molar refractivity (Wildman–Crippen MR) is 188 cm³/mol. The lowest BCUT2D eigenvalue weighted by Crippen LogP contribution is -2.82. The monoisotopic (exact) mass is 889 g/mol. The molecule has 0 saturated carbocycles. The second-order valence-electron chi connectivity index (χ2n) is 10.7. The number of carbonyl (C=O) groups is 4. The van der Waals surface area contributed by atoms with E-state index in [2.05, 4.69) is 5.32 Å². The fraction of sp³-hybridized carbons (Fsp3) is 0.379. The molecule has 16 nitrogen and oxygen atoms in total. The molecule has 1 saturated heterocycles. The highest BCUT2D eigenvalue weighted by Crippen LogP contribution is 2.52. The number of rotatable bonds is 15. The van der Waals surface area contributed by atoms with Crippen molar-refractivity contribution < 1.29 is 54.5 Å². The van der Waals surface area contributed by atoms with Gasteiger partial charge in [0.1, 0.15) is 30.0 Å². The summed E-state index contributed by atoms with van der Waals surface area (Å²) in [5.74, 6) is -3.68. The second-order valence-corrected chi connectivity index (χ2v) is 18.5. The van der Waals surface area contributed by atoms with Crippen molar-refractivity contribution in [2.45, 2.75) is 46.1 Å². The fourth-order valence-electron chi connectivity index (χ4n) is 4.53. The lowest BCUT2D eigenvalue weighted by Gasteiger charge is -2.57. The summed E-state index contributed by atoms with van der Waals surface area (Å²) in [5, 5.41) is 10.8. The lowest BCUT2D eigenvalue weighted by molar-refractivity contribution is -0.384. The van der Waals surface area contributed by atoms with Crippen LogP contribution >= 0.6 is 57.0 Å². The molecule has 0 aromatic heterocycles. The summed E-state index contributed by atoms with van der Waals surface area (Å²) < 4.78 is 57.8. The first-order valence-electron chi connectivity index (χ1n) is 14.2. The van der Waals surface area contributed by atoms with E-state index in [4.69, 9.17) is 30.5 Å². The second kappa shape index (κ2) is 16.8. The lowest BCUT2D eigenvalue weighted by atomic mass is 9.98. The smallest absolute Gasteiger partial charge is 0.355 e. The maximum Gasteiger partial charge on any atom is 0.355 e. The number of alkyl halides is 2. The summed E-state index contributed by atoms with van der Waals surface area (Å²) in [6.45, 7) is 2.19. The van der Waals surface area contributed by atoms with Gasteiger partial charge in [-0.25, -0.2) is 13.2 Å². The molecule has 2 aromatic carbocycles. The number of benzene rings is 2. The number of esters is 2. The Bertz CT molecular complexity index is 1800. The number of fused-ring (bicyclic) bond motifs is 1. The molecule has 1 fully saturated rings. The van der Waals surface area contributed by atoms with Gasteiger partial charge in [0.05, 0.1) is 10.2 Å². The topological polar surface area (TPSA) is 215 Å². The molecule has 0 aliphatic carbocycles. The maximum atomic E-state index is 14.2. The van der Waals surface area contributed by atoms with Gasteiger partial charge in [0.2, 0.25) is 31.0 Å². The molecule has 1 N–H and O–H groups in total. The molecule has 2 aliphatic rings. The highest BCUT2D eigenvalue weighted by Gasteiger charge is 2.71. The number of nitro groups is 1. The van der Waals surface area contributed by atoms with E-state index < -0.39 is 91.7 Å². The Morgan fingerprint density at radius 1 is 1.14 bits per heavy atom. The summed E-state index contributed by atoms with van der Waals surface area (Å²) in [4.78, 5) is 63.9. The molecule has 2 heterocycles. The van der Waals surface area contributed by atoms with Crippen LogP contribution in [-0.4, -0.2) is 79.7 Å². The van der Waals surface area contributed by atoms with Crippen LogP contribution in [-0.2, 0) is 52.9 Å². The number of para-hydroxylation sites is 1. The molecule has 2 amide bonds. The molecule has 0 spiro atoms. The van der Waals surface area contributed by atoms with Crippen molar-refractivity contribution in [2.24, 2.45) is 0 Å². The first-order valence-corrected chi connectivity index (χ1v) is 19.1. The number of hydrogen-bond donors (Lipinski definition) is 1. The molecule has 272 valence electrons. The van der Waals surface area contributed by atoms with Gasteiger partial charge < -0.3 is 19.5 Å². The number of non-ortho nitro benzene ring substituents is 1. The third-order valence-electron chi connectivity index (χ3n) is 7.03. The number of thioether (sulfide) groups is 1. The van der Waals surface area contributed by atoms with Gasteiger partial charge in [-0.05, 0) is 43.7 Å². The van der Waals surface area contributed by atoms with Crippen LogP contribution in [0.4, 0.5) is 5.69 Å². The standard InChI is InChI=1S/C29H29ClIN3O13S2.ClH/c1-17(2)49(42,43)29(30,31-39)47-28(32-23(36)15-45-22-7-5-4-6-8-22)26(38)33-24(20(14-44-18(3)35)16-48-27(28)33)25(37)46-13-19-9-11-21(12-10-19)34(40)41;/h4-12,17,27H,13-16H2,1-3H3,(H,32,36);1H/t27-,28-,29?;/m1./s1. The van der Waals surface area contributed by atoms with Crippen molar-refractivity contribution in [2.75, 3.05) is 19.0 Å². The van der Waals surface area contributed by atoms with E-state index in [0.29, 0.717) is 11.3 Å². The molecule has 50 heavy (non-hydrogen) atoms. The van der Waals surface area contributed by atoms with Crippen LogP contribution in [0, 0.1) is 10.1 Å². The molecule has 0 bridgehead atoms. The van der Waals surface area contributed by atoms with E-state index in [-0.39, 0.29) is 41.7 Å². The van der Waals surface area contributed by atoms with E-state index in [1.807, 2.05) is 0 Å². The molecule has 2 aliphatic heterocycles. The van der Waals surface area contributed by atoms with Gasteiger partial charge in [-0.3, -0.25) is 37.2 Å². The molecule has 0 radical (unpaired) electrons. The average molecular weight is 891 g/mol. The number of halogens is 3. The zero-order valence-corrected chi connectivity index (χ0v) is 31.7. The summed E-state index contributed by atoms with van der Waals surface area (Å²) in [6, 6.07) is 13.3. The minimum atomic E-state index is -4.54. The number of amides is 2. The molecule has 2 aromatic rings. The van der Waals surface area contributed by atoms with Crippen LogP contribution in [0.5, 0.6) is 5.75 Å². The van der Waals surface area contributed by atoms with Crippen molar-refractivity contribution in [3.8, 4) is 5.75 Å². The summed E-state index contributed by atoms with van der Waals surface area (Å²) in [6.07, 6.45) is 0. The van der Waals surface area contributed by atoms with Crippen LogP contribution in [0.25, 0.3) is 0 Å². The number of sulfone groups is 1. The van der Waals surface area contributed by atoms with Gasteiger partial charge in [0.25, 0.3) is 23.2 Å². The Kier molecular flexibility index (Phi) is 13.8. The average Bonchev–Trinajstić information content (AvgIpc) is 3.08. The molecule has 1 unspecified atom stereocenters. The molecule has 4 rings (SSSR count). The zero-order chi connectivity index (χ0) is 36.1. The number of nitrogens with zero attached hydrogens (tertiary/aromatic N) is 2. The van der Waals surface area contributed by atoms with E-state index in [1.54, 1.807) is 30.3 Å². The van der Waals surface area contributed by atoms with Gasteiger partial charge in [0, 0.05) is 30.4 Å². The largest absolute Gasteiger partial charge is 0.484 e. The number of β-lactam (4-membered cyclic amide) rings is 1. The first kappa shape index (κ1) is 41.1. The van der Waals surface area contributed by atoms with E-state index in [9.17, 15) is 40.8 Å². The van der Waals surface area contributed by atoms with Gasteiger partial charge in [-0.15, -0.1) is 24.2 Å². The van der Waals surface area contributed by atoms with Crippen molar-refractivity contribution in [1.82, 2.24) is 10.2 Å². The Morgan fingerprint density at radius 3 is 2.34 bits per heavy atom. The third-order valence-corrected chi connectivity index (χ3v) is 14.5. The Balaban J connectivity index is 0.00000676. The minimum Gasteiger partial charge on any atom is -0.484 e. The number of nitrogens with one attached hydrogen (secondary N) is 1. The first-order chi connectivity index (χ1) is 23.1. The quantitative estimate of drug-likeness (QED) is 0.0514. The van der Waals surface area contributed by atoms with Crippen molar-refractivity contribution in [3.05, 3.63) is 81.5 Å². The van der Waals surface area contributed by atoms with Crippen molar-refractivity contribution in [3.63, 3.8) is 0 Å². The van der Waals surface area contributed by atoms with Gasteiger partial charge >= 0.3 is 14.3 Å². The normalized spacial score (nSPS) is 19.7. The molecule has 21 heteroatoms. The number of ether oxygens (including phenoxy) is 4. The molecule has 3 atom stereocenters. The molecular formula is C29H30Cl2IN3O13S2. The minimum absolute atomic E-state index is 0. The summed E-state index contributed by atoms with van der Waals surface area (Å²) in [7, 11) is -4.54. The number of nitro benzene ring substituents is 1. The van der Waals surface area contributed by atoms with E-state index >= 15 is 0 Å². The number of carbonyl (C=O) groups excluding carboxylic acids is 4. The van der Waals surface area contributed by atoms with Crippen molar-refractivity contribution >= 4 is 96.2 Å². The highest BCUT2D eigenvalue weighted by molar-refractivity contribution is 14.1. The van der Waals surface area contributed by atoms with Crippen LogP contribution in [0.15, 0.2) is 65.9 Å². The van der Waals surface area contributed by atoms with Crippen molar-refractivity contribution in [1.29, 1.82) is 0 Å². The van der Waals surface area contributed by atoms with Crippen LogP contribution in [0.1, 0.15) is 26.3 Å². The van der Waals surface area contributed by atoms with E-state index in [1.165, 1.54) is 38.1 Å². The van der Waals surface area contributed by atoms with Crippen LogP contribution < -0.4 is 10.1 Å². The summed E-state index contributed by atoms with van der Waals surface area (Å²) >= 11 is 4.53. The fourth-order valence-corrected chi connectivity index (χ4v) is 10.2. The third kappa shape index (κ3) is 8.56. The Labute approximate surface area is 311 Å². The number of hydrogen-bond acceptors (Lipinski definition) is 14. The Hall–Kier alpha value is -3.37. The SMILES string of the molecule is CC(=O)OCC1=C(C(=O)OCc2ccc([N+](=O)[O-])cc2)N2C(=O)[C@@](NC(=O)COc3ccccc3)(OC(Cl)(I=O)S(=O)(=O)C(C)C)[C@H]2SC1.Cl. The van der Waals surface area contributed by atoms with Gasteiger partial charge in [0.15, 0.2) is 6.61 Å². The maximum absolute atomic E-state index is 14.2. The van der Waals surface area contributed by atoms with Gasteiger partial charge in [-0.1, -0.05) is 29.8 Å². The zero-order valence-electron chi connectivity index (χ0n) is 26.4.